The monoisotopic (exact) mass is 132 g/mol. The maximum absolute atomic E-state index is 10.4. The van der Waals surface area contributed by atoms with Gasteiger partial charge in [-0.05, 0) is 13.8 Å². The van der Waals surface area contributed by atoms with Crippen LogP contribution in [0.15, 0.2) is 0 Å². The van der Waals surface area contributed by atoms with E-state index in [1.165, 1.54) is 5.01 Å². The maximum atomic E-state index is 10.4. The summed E-state index contributed by atoms with van der Waals surface area (Å²) in [5.41, 5.74) is 0. The first-order valence-corrected chi connectivity index (χ1v) is 3.08. The summed E-state index contributed by atoms with van der Waals surface area (Å²) in [6, 6.07) is 0.178. The Kier molecular flexibility index (Phi) is 3.72. The lowest BCUT2D eigenvalue weighted by Crippen LogP contribution is -2.46. The fourth-order valence-corrected chi connectivity index (χ4v) is 0.732. The molecule has 0 aromatic carbocycles. The van der Waals surface area contributed by atoms with E-state index in [9.17, 15) is 5.21 Å². The van der Waals surface area contributed by atoms with Crippen molar-refractivity contribution < 1.29 is 0 Å². The van der Waals surface area contributed by atoms with Crippen LogP contribution in [0.1, 0.15) is 20.8 Å². The molecule has 0 saturated carbocycles. The number of nitrogens with two attached hydrogens (primary N) is 1. The highest BCUT2D eigenvalue weighted by Crippen LogP contribution is 1.96. The lowest BCUT2D eigenvalue weighted by molar-refractivity contribution is -0.00369. The third-order valence-electron chi connectivity index (χ3n) is 1.17. The van der Waals surface area contributed by atoms with Crippen LogP contribution in [0.2, 0.25) is 0 Å². The molecule has 0 rings (SSSR count). The summed E-state index contributed by atoms with van der Waals surface area (Å²) in [4.78, 5) is 0. The molecule has 0 aliphatic carbocycles. The molecule has 4 heteroatoms. The van der Waals surface area contributed by atoms with Gasteiger partial charge in [0, 0.05) is 12.6 Å². The number of hydrogen-bond donors (Lipinski definition) is 1. The van der Waals surface area contributed by atoms with Crippen molar-refractivity contribution in [2.45, 2.75) is 26.8 Å². The quantitative estimate of drug-likeness (QED) is 0.443. The van der Waals surface area contributed by atoms with E-state index in [1.807, 2.05) is 20.8 Å². The van der Waals surface area contributed by atoms with Crippen molar-refractivity contribution in [2.24, 2.45) is 5.84 Å². The van der Waals surface area contributed by atoms with Crippen LogP contribution in [0.3, 0.4) is 0 Å². The number of hydrazine groups is 2. The molecule has 4 nitrogen and oxygen atoms in total. The highest BCUT2D eigenvalue weighted by molar-refractivity contribution is 4.54. The largest absolute Gasteiger partial charge is 0.758 e. The van der Waals surface area contributed by atoms with Crippen LogP contribution in [0.25, 0.3) is 0 Å². The Balaban J connectivity index is 3.68. The average Bonchev–Trinajstić information content (AvgIpc) is 1.64. The molecule has 2 N–H and O–H groups in total. The summed E-state index contributed by atoms with van der Waals surface area (Å²) in [7, 11) is 0. The Labute approximate surface area is 55.7 Å². The van der Waals surface area contributed by atoms with Crippen LogP contribution >= 0.6 is 0 Å². The molecule has 0 amide bonds. The molecular weight excluding hydrogens is 118 g/mol. The van der Waals surface area contributed by atoms with Crippen molar-refractivity contribution in [3.63, 3.8) is 0 Å². The highest BCUT2D eigenvalue weighted by Gasteiger charge is 2.04. The van der Waals surface area contributed by atoms with Gasteiger partial charge in [0.05, 0.1) is 0 Å². The third kappa shape index (κ3) is 2.76. The second kappa shape index (κ2) is 3.79. The van der Waals surface area contributed by atoms with Crippen LogP contribution in [0.4, 0.5) is 0 Å². The van der Waals surface area contributed by atoms with Crippen molar-refractivity contribution >= 4 is 0 Å². The molecule has 0 aromatic heterocycles. The molecule has 0 bridgehead atoms. The molecule has 0 radical (unpaired) electrons. The molecule has 0 unspecified atom stereocenters. The minimum atomic E-state index is 0.178. The van der Waals surface area contributed by atoms with E-state index in [2.05, 4.69) is 0 Å². The van der Waals surface area contributed by atoms with Gasteiger partial charge in [-0.3, -0.25) is 11.1 Å². The van der Waals surface area contributed by atoms with Gasteiger partial charge in [-0.1, -0.05) is 6.92 Å². The standard InChI is InChI=1S/C5H14N3O/c1-4-7(5(2)3)8(6)9/h5H,4,6H2,1-3H3/q-1. The highest BCUT2D eigenvalue weighted by atomic mass is 16.6. The lowest BCUT2D eigenvalue weighted by atomic mass is 10.4. The second-order valence-electron chi connectivity index (χ2n) is 2.15. The van der Waals surface area contributed by atoms with E-state index in [1.54, 1.807) is 0 Å². The molecule has 0 spiro atoms. The molecule has 0 aliphatic heterocycles. The van der Waals surface area contributed by atoms with Gasteiger partial charge in [0.15, 0.2) is 0 Å². The van der Waals surface area contributed by atoms with Crippen molar-refractivity contribution in [3.05, 3.63) is 5.21 Å². The molecule has 0 fully saturated rings. The first-order chi connectivity index (χ1) is 4.09. The van der Waals surface area contributed by atoms with Crippen molar-refractivity contribution in [1.82, 2.24) is 10.3 Å². The van der Waals surface area contributed by atoms with Crippen LogP contribution in [0, 0.1) is 5.21 Å². The van der Waals surface area contributed by atoms with Gasteiger partial charge in [-0.15, -0.1) is 0 Å². The first-order valence-electron chi connectivity index (χ1n) is 3.08. The SMILES string of the molecule is CCN(C(C)C)N(N)[O-]. The average molecular weight is 132 g/mol. The molecule has 0 saturated heterocycles. The van der Waals surface area contributed by atoms with Gasteiger partial charge < -0.3 is 5.21 Å². The van der Waals surface area contributed by atoms with Crippen LogP contribution in [0.5, 0.6) is 0 Å². The molecule has 0 atom stereocenters. The number of nitrogens with zero attached hydrogens (tertiary/aromatic N) is 2. The van der Waals surface area contributed by atoms with Gasteiger partial charge in [0.2, 0.25) is 0 Å². The van der Waals surface area contributed by atoms with E-state index in [0.717, 1.165) is 0 Å². The van der Waals surface area contributed by atoms with E-state index in [-0.39, 0.29) is 6.04 Å². The zero-order chi connectivity index (χ0) is 7.44. The summed E-state index contributed by atoms with van der Waals surface area (Å²) in [5, 5.41) is 12.3. The molecule has 0 aromatic rings. The van der Waals surface area contributed by atoms with E-state index < -0.39 is 0 Å². The molecule has 0 aliphatic rings. The fraction of sp³-hybridized carbons (Fsp3) is 1.00. The zero-order valence-electron chi connectivity index (χ0n) is 6.16. The summed E-state index contributed by atoms with van der Waals surface area (Å²) >= 11 is 0. The topological polar surface area (TPSA) is 55.6 Å². The summed E-state index contributed by atoms with van der Waals surface area (Å²) in [6.07, 6.45) is 0. The Hall–Kier alpha value is -0.160. The van der Waals surface area contributed by atoms with Gasteiger partial charge in [-0.2, -0.15) is 0 Å². The summed E-state index contributed by atoms with van der Waals surface area (Å²) in [6.45, 7) is 6.37. The molecule has 56 valence electrons. The predicted molar refractivity (Wildman–Crippen MR) is 36.9 cm³/mol. The summed E-state index contributed by atoms with van der Waals surface area (Å²) in [5.74, 6) is 4.95. The minimum absolute atomic E-state index is 0.178. The van der Waals surface area contributed by atoms with Crippen LogP contribution in [-0.2, 0) is 0 Å². The Morgan fingerprint density at radius 2 is 2.00 bits per heavy atom. The second-order valence-corrected chi connectivity index (χ2v) is 2.15. The minimum Gasteiger partial charge on any atom is -0.758 e. The summed E-state index contributed by atoms with van der Waals surface area (Å²) < 4.78 is 0. The number of rotatable bonds is 3. The Morgan fingerprint density at radius 3 is 2.00 bits per heavy atom. The van der Waals surface area contributed by atoms with Crippen molar-refractivity contribution in [2.75, 3.05) is 6.54 Å². The van der Waals surface area contributed by atoms with Crippen molar-refractivity contribution in [1.29, 1.82) is 0 Å². The number of hydrogen-bond acceptors (Lipinski definition) is 4. The van der Waals surface area contributed by atoms with Crippen molar-refractivity contribution in [3.8, 4) is 0 Å². The Bertz CT molecular complexity index is 66.6. The maximum Gasteiger partial charge on any atom is 0.0192 e. The Morgan fingerprint density at radius 1 is 1.56 bits per heavy atom. The smallest absolute Gasteiger partial charge is 0.0192 e. The van der Waals surface area contributed by atoms with Gasteiger partial charge >= 0.3 is 0 Å². The van der Waals surface area contributed by atoms with Gasteiger partial charge in [0.1, 0.15) is 0 Å². The van der Waals surface area contributed by atoms with Gasteiger partial charge in [0.25, 0.3) is 0 Å². The third-order valence-corrected chi connectivity index (χ3v) is 1.17. The zero-order valence-corrected chi connectivity index (χ0v) is 6.16. The molecule has 0 heterocycles. The first kappa shape index (κ1) is 8.84. The van der Waals surface area contributed by atoms with E-state index in [4.69, 9.17) is 5.84 Å². The van der Waals surface area contributed by atoms with Crippen LogP contribution in [-0.4, -0.2) is 22.9 Å². The predicted octanol–water partition coefficient (Wildman–Crippen LogP) is 0.305. The van der Waals surface area contributed by atoms with Crippen LogP contribution < -0.4 is 5.84 Å². The lowest BCUT2D eigenvalue weighted by Gasteiger charge is -2.37. The van der Waals surface area contributed by atoms with Gasteiger partial charge in [-0.25, -0.2) is 5.01 Å². The van der Waals surface area contributed by atoms with E-state index >= 15 is 0 Å². The van der Waals surface area contributed by atoms with E-state index in [0.29, 0.717) is 11.8 Å². The fourth-order valence-electron chi connectivity index (χ4n) is 0.732. The molecule has 9 heavy (non-hydrogen) atoms. The normalized spacial score (nSPS) is 12.0. The molecular formula is C5H14N3O-.